The number of carbonyl (C=O) groups is 1. The molecule has 1 N–H and O–H groups in total. The molecule has 96 valence electrons. The molecule has 3 heterocycles. The Morgan fingerprint density at radius 3 is 2.83 bits per heavy atom. The van der Waals surface area contributed by atoms with Crippen LogP contribution in [0, 0.1) is 0 Å². The number of rotatable bonds is 2. The lowest BCUT2D eigenvalue weighted by Gasteiger charge is -2.32. The first-order valence-electron chi connectivity index (χ1n) is 6.35. The van der Waals surface area contributed by atoms with E-state index in [2.05, 4.69) is 10.3 Å². The third kappa shape index (κ3) is 1.95. The molecule has 2 unspecified atom stereocenters. The molecule has 2 aliphatic rings. The zero-order chi connectivity index (χ0) is 12.5. The Bertz CT molecular complexity index is 451. The molecule has 0 aromatic carbocycles. The number of carbonyl (C=O) groups excluding carboxylic acids is 1. The van der Waals surface area contributed by atoms with Gasteiger partial charge in [-0.25, -0.2) is 4.98 Å². The second-order valence-corrected chi connectivity index (χ2v) is 4.82. The fourth-order valence-electron chi connectivity index (χ4n) is 2.73. The fraction of sp³-hybridized carbons (Fsp3) is 0.538. The smallest absolute Gasteiger partial charge is 0.257 e. The van der Waals surface area contributed by atoms with Gasteiger partial charge in [-0.1, -0.05) is 0 Å². The minimum Gasteiger partial charge on any atom is -0.372 e. The van der Waals surface area contributed by atoms with E-state index in [4.69, 9.17) is 4.74 Å². The second kappa shape index (κ2) is 4.57. The van der Waals surface area contributed by atoms with E-state index < -0.39 is 0 Å². The third-order valence-electron chi connectivity index (χ3n) is 3.61. The number of ether oxygens (including phenoxy) is 1. The van der Waals surface area contributed by atoms with Gasteiger partial charge in [0, 0.05) is 26.3 Å². The highest BCUT2D eigenvalue weighted by atomic mass is 16.5. The lowest BCUT2D eigenvalue weighted by atomic mass is 10.2. The van der Waals surface area contributed by atoms with Gasteiger partial charge >= 0.3 is 0 Å². The van der Waals surface area contributed by atoms with E-state index >= 15 is 0 Å². The average Bonchev–Trinajstić information content (AvgIpc) is 2.76. The Kier molecular flexibility index (Phi) is 2.91. The van der Waals surface area contributed by atoms with Crippen LogP contribution in [0.25, 0.3) is 0 Å². The molecular weight excluding hydrogens is 230 g/mol. The van der Waals surface area contributed by atoms with Crippen LogP contribution < -0.4 is 5.32 Å². The number of pyridine rings is 1. The van der Waals surface area contributed by atoms with Crippen LogP contribution in [0.4, 0.5) is 5.82 Å². The highest BCUT2D eigenvalue weighted by molar-refractivity contribution is 5.98. The van der Waals surface area contributed by atoms with Crippen molar-refractivity contribution in [2.24, 2.45) is 0 Å². The van der Waals surface area contributed by atoms with E-state index in [1.54, 1.807) is 19.3 Å². The van der Waals surface area contributed by atoms with Gasteiger partial charge in [-0.05, 0) is 25.0 Å². The van der Waals surface area contributed by atoms with Crippen LogP contribution in [-0.2, 0) is 4.74 Å². The first-order valence-corrected chi connectivity index (χ1v) is 6.35. The molecular formula is C13H17N3O2. The maximum Gasteiger partial charge on any atom is 0.257 e. The standard InChI is InChI=1S/C13H17N3O2/c1-14-12-11(3-2-6-15-12)13(17)16-7-9-4-5-10(8-16)18-9/h2-3,6,9-10H,4-5,7-8H2,1H3,(H,14,15). The molecule has 3 rings (SSSR count). The maximum absolute atomic E-state index is 12.5. The van der Waals surface area contributed by atoms with Crippen molar-refractivity contribution in [2.45, 2.75) is 25.0 Å². The Balaban J connectivity index is 1.82. The van der Waals surface area contributed by atoms with Crippen molar-refractivity contribution < 1.29 is 9.53 Å². The number of anilines is 1. The minimum atomic E-state index is 0.0488. The van der Waals surface area contributed by atoms with E-state index in [-0.39, 0.29) is 18.1 Å². The zero-order valence-electron chi connectivity index (χ0n) is 10.4. The van der Waals surface area contributed by atoms with Crippen LogP contribution in [-0.4, -0.2) is 48.1 Å². The number of nitrogens with one attached hydrogen (secondary N) is 1. The quantitative estimate of drug-likeness (QED) is 0.851. The van der Waals surface area contributed by atoms with Crippen LogP contribution in [0.3, 0.4) is 0 Å². The van der Waals surface area contributed by atoms with Crippen molar-refractivity contribution >= 4 is 11.7 Å². The minimum absolute atomic E-state index is 0.0488. The summed E-state index contributed by atoms with van der Waals surface area (Å²) in [6.45, 7) is 1.40. The molecule has 18 heavy (non-hydrogen) atoms. The summed E-state index contributed by atoms with van der Waals surface area (Å²) in [5.74, 6) is 0.689. The molecule has 2 saturated heterocycles. The molecule has 2 atom stereocenters. The topological polar surface area (TPSA) is 54.5 Å². The SMILES string of the molecule is CNc1ncccc1C(=O)N1CC2CCC(C1)O2. The summed E-state index contributed by atoms with van der Waals surface area (Å²) >= 11 is 0. The van der Waals surface area contributed by atoms with Crippen molar-refractivity contribution in [1.29, 1.82) is 0 Å². The Morgan fingerprint density at radius 2 is 2.17 bits per heavy atom. The molecule has 5 nitrogen and oxygen atoms in total. The maximum atomic E-state index is 12.5. The van der Waals surface area contributed by atoms with Gasteiger partial charge in [-0.2, -0.15) is 0 Å². The molecule has 0 aliphatic carbocycles. The van der Waals surface area contributed by atoms with Crippen LogP contribution in [0.2, 0.25) is 0 Å². The average molecular weight is 247 g/mol. The first kappa shape index (κ1) is 11.5. The lowest BCUT2D eigenvalue weighted by Crippen LogP contribution is -2.46. The van der Waals surface area contributed by atoms with Gasteiger partial charge in [0.15, 0.2) is 0 Å². The van der Waals surface area contributed by atoms with Crippen molar-refractivity contribution in [1.82, 2.24) is 9.88 Å². The summed E-state index contributed by atoms with van der Waals surface area (Å²) in [6, 6.07) is 3.61. The van der Waals surface area contributed by atoms with Gasteiger partial charge in [-0.15, -0.1) is 0 Å². The number of aromatic nitrogens is 1. The van der Waals surface area contributed by atoms with E-state index in [0.717, 1.165) is 12.8 Å². The van der Waals surface area contributed by atoms with Crippen LogP contribution in [0.1, 0.15) is 23.2 Å². The normalized spacial score (nSPS) is 26.2. The molecule has 2 bridgehead atoms. The van der Waals surface area contributed by atoms with Crippen molar-refractivity contribution in [3.63, 3.8) is 0 Å². The molecule has 1 aromatic heterocycles. The summed E-state index contributed by atoms with van der Waals surface area (Å²) in [5, 5.41) is 2.96. The Labute approximate surface area is 106 Å². The third-order valence-corrected chi connectivity index (χ3v) is 3.61. The van der Waals surface area contributed by atoms with Crippen LogP contribution >= 0.6 is 0 Å². The summed E-state index contributed by atoms with van der Waals surface area (Å²) < 4.78 is 5.74. The summed E-state index contributed by atoms with van der Waals surface area (Å²) in [4.78, 5) is 18.6. The molecule has 1 amide bonds. The largest absolute Gasteiger partial charge is 0.372 e. The van der Waals surface area contributed by atoms with E-state index in [0.29, 0.717) is 24.5 Å². The Morgan fingerprint density at radius 1 is 1.44 bits per heavy atom. The van der Waals surface area contributed by atoms with Gasteiger partial charge in [0.05, 0.1) is 17.8 Å². The van der Waals surface area contributed by atoms with E-state index in [1.165, 1.54) is 0 Å². The molecule has 0 spiro atoms. The number of morpholine rings is 1. The molecule has 0 saturated carbocycles. The monoisotopic (exact) mass is 247 g/mol. The van der Waals surface area contributed by atoms with Crippen LogP contribution in [0.5, 0.6) is 0 Å². The highest BCUT2D eigenvalue weighted by Crippen LogP contribution is 2.27. The number of amides is 1. The van der Waals surface area contributed by atoms with Gasteiger partial charge in [0.25, 0.3) is 5.91 Å². The predicted octanol–water partition coefficient (Wildman–Crippen LogP) is 1.13. The summed E-state index contributed by atoms with van der Waals surface area (Å²) in [7, 11) is 1.78. The molecule has 2 fully saturated rings. The van der Waals surface area contributed by atoms with E-state index in [9.17, 15) is 4.79 Å². The number of fused-ring (bicyclic) bond motifs is 2. The zero-order valence-corrected chi connectivity index (χ0v) is 10.4. The predicted molar refractivity (Wildman–Crippen MR) is 67.6 cm³/mol. The Hall–Kier alpha value is -1.62. The molecule has 1 aromatic rings. The second-order valence-electron chi connectivity index (χ2n) is 4.82. The summed E-state index contributed by atoms with van der Waals surface area (Å²) in [5.41, 5.74) is 0.640. The highest BCUT2D eigenvalue weighted by Gasteiger charge is 2.36. The number of hydrogen-bond donors (Lipinski definition) is 1. The van der Waals surface area contributed by atoms with Gasteiger partial charge < -0.3 is 15.0 Å². The number of hydrogen-bond acceptors (Lipinski definition) is 4. The van der Waals surface area contributed by atoms with Crippen LogP contribution in [0.15, 0.2) is 18.3 Å². The first-order chi connectivity index (χ1) is 8.78. The van der Waals surface area contributed by atoms with Crippen molar-refractivity contribution in [3.8, 4) is 0 Å². The van der Waals surface area contributed by atoms with E-state index in [1.807, 2.05) is 11.0 Å². The van der Waals surface area contributed by atoms with Gasteiger partial charge in [0.1, 0.15) is 5.82 Å². The number of likely N-dealkylation sites (tertiary alicyclic amines) is 1. The molecule has 5 heteroatoms. The fourth-order valence-corrected chi connectivity index (χ4v) is 2.73. The van der Waals surface area contributed by atoms with Gasteiger partial charge in [-0.3, -0.25) is 4.79 Å². The van der Waals surface area contributed by atoms with Crippen molar-refractivity contribution in [3.05, 3.63) is 23.9 Å². The lowest BCUT2D eigenvalue weighted by molar-refractivity contribution is -0.0303. The van der Waals surface area contributed by atoms with Gasteiger partial charge in [0.2, 0.25) is 0 Å². The number of nitrogens with zero attached hydrogens (tertiary/aromatic N) is 2. The molecule has 0 radical (unpaired) electrons. The summed E-state index contributed by atoms with van der Waals surface area (Å²) in [6.07, 6.45) is 4.27. The molecule has 2 aliphatic heterocycles. The van der Waals surface area contributed by atoms with Crippen molar-refractivity contribution in [2.75, 3.05) is 25.5 Å².